The number of carbonyl (C=O) groups excluding carboxylic acids is 1. The second-order valence-electron chi connectivity index (χ2n) is 5.46. The maximum atomic E-state index is 11.3. The molecule has 0 unspecified atom stereocenters. The van der Waals surface area contributed by atoms with Crippen molar-refractivity contribution in [1.82, 2.24) is 0 Å². The zero-order valence-corrected chi connectivity index (χ0v) is 13.5. The third kappa shape index (κ3) is 2.55. The molecular weight excluding hydrogens is 296 g/mol. The van der Waals surface area contributed by atoms with E-state index in [0.29, 0.717) is 5.75 Å². The van der Waals surface area contributed by atoms with Crippen LogP contribution in [0.4, 0.5) is 0 Å². The molecule has 0 fully saturated rings. The molecule has 0 amide bonds. The van der Waals surface area contributed by atoms with E-state index in [4.69, 9.17) is 0 Å². The van der Waals surface area contributed by atoms with Crippen LogP contribution in [0.2, 0.25) is 0 Å². The monoisotopic (exact) mass is 314 g/mol. The third-order valence-corrected chi connectivity index (χ3v) is 4.98. The van der Waals surface area contributed by atoms with Crippen molar-refractivity contribution in [2.45, 2.75) is 26.2 Å². The molecule has 0 spiro atoms. The molecule has 3 rings (SSSR count). The Morgan fingerprint density at radius 2 is 2.23 bits per heavy atom. The quantitative estimate of drug-likeness (QED) is 0.685. The average Bonchev–Trinajstić information content (AvgIpc) is 3.15. The summed E-state index contributed by atoms with van der Waals surface area (Å²) in [7, 11) is 1.36. The lowest BCUT2D eigenvalue weighted by molar-refractivity contribution is -0.134. The molecular formula is C18H18O3S. The lowest BCUT2D eigenvalue weighted by Crippen LogP contribution is -1.94. The highest BCUT2D eigenvalue weighted by molar-refractivity contribution is 7.11. The molecule has 0 atom stereocenters. The Morgan fingerprint density at radius 1 is 1.41 bits per heavy atom. The SMILES string of the molecule is COC(=O)/C=C/c1sccc1-c1c(O)c(C)cc2c1CCC2. The number of carbonyl (C=O) groups is 1. The number of esters is 1. The van der Waals surface area contributed by atoms with E-state index in [-0.39, 0.29) is 5.97 Å². The number of phenols is 1. The molecule has 1 aliphatic rings. The zero-order valence-electron chi connectivity index (χ0n) is 12.7. The summed E-state index contributed by atoms with van der Waals surface area (Å²) in [6, 6.07) is 4.10. The number of hydrogen-bond donors (Lipinski definition) is 1. The van der Waals surface area contributed by atoms with Crippen molar-refractivity contribution in [3.05, 3.63) is 45.2 Å². The molecule has 114 valence electrons. The number of phenolic OH excluding ortho intramolecular Hbond substituents is 1. The van der Waals surface area contributed by atoms with E-state index in [9.17, 15) is 9.90 Å². The fraction of sp³-hybridized carbons (Fsp3) is 0.278. The molecule has 1 aliphatic carbocycles. The first-order valence-corrected chi connectivity index (χ1v) is 8.18. The highest BCUT2D eigenvalue weighted by Crippen LogP contribution is 2.43. The molecule has 4 heteroatoms. The second kappa shape index (κ2) is 5.97. The highest BCUT2D eigenvalue weighted by atomic mass is 32.1. The minimum Gasteiger partial charge on any atom is -0.507 e. The Hall–Kier alpha value is -2.07. The van der Waals surface area contributed by atoms with Gasteiger partial charge in [0.15, 0.2) is 0 Å². The fourth-order valence-electron chi connectivity index (χ4n) is 3.04. The van der Waals surface area contributed by atoms with Crippen LogP contribution in [0.3, 0.4) is 0 Å². The minimum atomic E-state index is -0.377. The van der Waals surface area contributed by atoms with Gasteiger partial charge >= 0.3 is 5.97 Å². The van der Waals surface area contributed by atoms with Gasteiger partial charge < -0.3 is 9.84 Å². The molecule has 1 heterocycles. The van der Waals surface area contributed by atoms with Gasteiger partial charge in [0, 0.05) is 22.1 Å². The number of ether oxygens (including phenoxy) is 1. The average molecular weight is 314 g/mol. The van der Waals surface area contributed by atoms with Gasteiger partial charge in [-0.3, -0.25) is 0 Å². The van der Waals surface area contributed by atoms with Gasteiger partial charge in [-0.15, -0.1) is 11.3 Å². The molecule has 1 N–H and O–H groups in total. The van der Waals surface area contributed by atoms with Crippen LogP contribution >= 0.6 is 11.3 Å². The largest absolute Gasteiger partial charge is 0.507 e. The van der Waals surface area contributed by atoms with Gasteiger partial charge in [-0.2, -0.15) is 0 Å². The summed E-state index contributed by atoms with van der Waals surface area (Å²) in [5, 5.41) is 12.6. The summed E-state index contributed by atoms with van der Waals surface area (Å²) < 4.78 is 4.64. The van der Waals surface area contributed by atoms with Crippen LogP contribution in [0.1, 0.15) is 28.0 Å². The van der Waals surface area contributed by atoms with Crippen LogP contribution in [-0.2, 0) is 22.4 Å². The molecule has 0 saturated carbocycles. The third-order valence-electron chi connectivity index (χ3n) is 4.10. The predicted octanol–water partition coefficient (Wildman–Crippen LogP) is 4.10. The van der Waals surface area contributed by atoms with Gasteiger partial charge in [0.25, 0.3) is 0 Å². The Balaban J connectivity index is 2.12. The van der Waals surface area contributed by atoms with Gasteiger partial charge in [-0.25, -0.2) is 4.79 Å². The van der Waals surface area contributed by atoms with Crippen LogP contribution in [0.15, 0.2) is 23.6 Å². The molecule has 0 aliphatic heterocycles. The van der Waals surface area contributed by atoms with E-state index in [0.717, 1.165) is 40.8 Å². The topological polar surface area (TPSA) is 46.5 Å². The van der Waals surface area contributed by atoms with E-state index >= 15 is 0 Å². The Labute approximate surface area is 133 Å². The first-order valence-electron chi connectivity index (χ1n) is 7.30. The predicted molar refractivity (Wildman–Crippen MR) is 89.2 cm³/mol. The Kier molecular flexibility index (Phi) is 4.03. The number of rotatable bonds is 3. The van der Waals surface area contributed by atoms with E-state index < -0.39 is 0 Å². The van der Waals surface area contributed by atoms with Crippen molar-refractivity contribution in [2.24, 2.45) is 0 Å². The Bertz CT molecular complexity index is 756. The summed E-state index contributed by atoms with van der Waals surface area (Å²) in [6.07, 6.45) is 6.37. The van der Waals surface area contributed by atoms with Crippen LogP contribution in [0.25, 0.3) is 17.2 Å². The van der Waals surface area contributed by atoms with Gasteiger partial charge in [-0.1, -0.05) is 6.07 Å². The van der Waals surface area contributed by atoms with Gasteiger partial charge in [0.2, 0.25) is 0 Å². The fourth-order valence-corrected chi connectivity index (χ4v) is 3.83. The van der Waals surface area contributed by atoms with Crippen molar-refractivity contribution in [3.8, 4) is 16.9 Å². The van der Waals surface area contributed by atoms with Crippen LogP contribution in [0.5, 0.6) is 5.75 Å². The van der Waals surface area contributed by atoms with Gasteiger partial charge in [0.05, 0.1) is 7.11 Å². The molecule has 1 aromatic carbocycles. The smallest absolute Gasteiger partial charge is 0.330 e. The van der Waals surface area contributed by atoms with Crippen LogP contribution in [0, 0.1) is 6.92 Å². The van der Waals surface area contributed by atoms with Gasteiger partial charge in [-0.05, 0) is 60.4 Å². The number of aryl methyl sites for hydroxylation is 2. The normalized spacial score (nSPS) is 13.5. The van der Waals surface area contributed by atoms with Crippen LogP contribution < -0.4 is 0 Å². The molecule has 0 saturated heterocycles. The lowest BCUT2D eigenvalue weighted by Gasteiger charge is -2.13. The lowest BCUT2D eigenvalue weighted by atomic mass is 9.93. The summed E-state index contributed by atoms with van der Waals surface area (Å²) in [5.41, 5.74) is 5.40. The summed E-state index contributed by atoms with van der Waals surface area (Å²) in [5.74, 6) is -0.0233. The van der Waals surface area contributed by atoms with E-state index in [1.165, 1.54) is 24.3 Å². The Morgan fingerprint density at radius 3 is 3.00 bits per heavy atom. The highest BCUT2D eigenvalue weighted by Gasteiger charge is 2.22. The second-order valence-corrected chi connectivity index (χ2v) is 6.41. The zero-order chi connectivity index (χ0) is 15.7. The number of thiophene rings is 1. The van der Waals surface area contributed by atoms with Crippen molar-refractivity contribution in [1.29, 1.82) is 0 Å². The molecule has 3 nitrogen and oxygen atoms in total. The number of aromatic hydroxyl groups is 1. The summed E-state index contributed by atoms with van der Waals surface area (Å²) in [6.45, 7) is 1.94. The van der Waals surface area contributed by atoms with Crippen molar-refractivity contribution in [3.63, 3.8) is 0 Å². The molecule has 0 radical (unpaired) electrons. The maximum Gasteiger partial charge on any atom is 0.330 e. The molecule has 2 aromatic rings. The first kappa shape index (κ1) is 14.9. The van der Waals surface area contributed by atoms with E-state index in [1.54, 1.807) is 17.4 Å². The molecule has 1 aromatic heterocycles. The minimum absolute atomic E-state index is 0.353. The van der Waals surface area contributed by atoms with Crippen molar-refractivity contribution >= 4 is 23.4 Å². The van der Waals surface area contributed by atoms with E-state index in [2.05, 4.69) is 10.8 Å². The van der Waals surface area contributed by atoms with Crippen molar-refractivity contribution in [2.75, 3.05) is 7.11 Å². The first-order chi connectivity index (χ1) is 10.6. The molecule has 22 heavy (non-hydrogen) atoms. The number of hydrogen-bond acceptors (Lipinski definition) is 4. The van der Waals surface area contributed by atoms with E-state index in [1.807, 2.05) is 18.4 Å². The van der Waals surface area contributed by atoms with Crippen molar-refractivity contribution < 1.29 is 14.6 Å². The standard InChI is InChI=1S/C18H18O3S/c1-11-10-12-4-3-5-13(12)17(18(11)20)14-8-9-22-15(14)6-7-16(19)21-2/h6-10,20H,3-5H2,1-2H3/b7-6+. The summed E-state index contributed by atoms with van der Waals surface area (Å²) >= 11 is 1.55. The van der Waals surface area contributed by atoms with Crippen LogP contribution in [-0.4, -0.2) is 18.2 Å². The summed E-state index contributed by atoms with van der Waals surface area (Å²) in [4.78, 5) is 12.3. The number of benzene rings is 1. The molecule has 0 bridgehead atoms. The number of methoxy groups -OCH3 is 1. The number of fused-ring (bicyclic) bond motifs is 1. The van der Waals surface area contributed by atoms with Gasteiger partial charge in [0.1, 0.15) is 5.75 Å². The maximum absolute atomic E-state index is 11.3.